The molecule has 0 radical (unpaired) electrons. The van der Waals surface area contributed by atoms with Crippen molar-refractivity contribution in [3.8, 4) is 11.5 Å². The van der Waals surface area contributed by atoms with Crippen LogP contribution in [0.25, 0.3) is 10.9 Å². The van der Waals surface area contributed by atoms with Crippen molar-refractivity contribution in [3.05, 3.63) is 71.9 Å². The Kier molecular flexibility index (Phi) is 4.24. The molecule has 3 aliphatic rings. The fourth-order valence-electron chi connectivity index (χ4n) is 4.83. The van der Waals surface area contributed by atoms with Gasteiger partial charge in [-0.05, 0) is 48.2 Å². The summed E-state index contributed by atoms with van der Waals surface area (Å²) in [6.07, 6.45) is 3.69. The Morgan fingerprint density at radius 1 is 1.12 bits per heavy atom. The minimum atomic E-state index is -0.636. The highest BCUT2D eigenvalue weighted by molar-refractivity contribution is 5.96. The molecule has 0 saturated heterocycles. The van der Waals surface area contributed by atoms with E-state index in [1.807, 2.05) is 36.4 Å². The third-order valence-electron chi connectivity index (χ3n) is 6.50. The molecule has 1 fully saturated rings. The molecule has 1 saturated carbocycles. The molecule has 2 aromatic carbocycles. The molecule has 3 heterocycles. The number of aromatic amines is 1. The van der Waals surface area contributed by atoms with Crippen molar-refractivity contribution in [2.24, 2.45) is 0 Å². The number of aromatic nitrogens is 1. The minimum absolute atomic E-state index is 0.121. The lowest BCUT2D eigenvalue weighted by Crippen LogP contribution is -2.54. The van der Waals surface area contributed by atoms with E-state index >= 15 is 0 Å². The number of nitrogens with zero attached hydrogens (tertiary/aromatic N) is 1. The summed E-state index contributed by atoms with van der Waals surface area (Å²) in [5.74, 6) is 0.902. The van der Waals surface area contributed by atoms with E-state index in [9.17, 15) is 9.59 Å². The zero-order chi connectivity index (χ0) is 21.8. The van der Waals surface area contributed by atoms with Crippen molar-refractivity contribution in [2.75, 3.05) is 6.79 Å². The highest BCUT2D eigenvalue weighted by Crippen LogP contribution is 2.44. The molecule has 162 valence electrons. The van der Waals surface area contributed by atoms with Crippen molar-refractivity contribution in [1.29, 1.82) is 0 Å². The van der Waals surface area contributed by atoms with Crippen LogP contribution in [0.15, 0.2) is 55.1 Å². The molecule has 6 rings (SSSR count). The molecule has 0 spiro atoms. The summed E-state index contributed by atoms with van der Waals surface area (Å²) in [5, 5.41) is 4.17. The summed E-state index contributed by atoms with van der Waals surface area (Å²) in [5.41, 5.74) is 3.81. The number of benzene rings is 2. The zero-order valence-electron chi connectivity index (χ0n) is 17.5. The van der Waals surface area contributed by atoms with Gasteiger partial charge in [-0.15, -0.1) is 0 Å². The van der Waals surface area contributed by atoms with Crippen molar-refractivity contribution >= 4 is 22.7 Å². The SMILES string of the molecule is C=CC(=O)N1[C@H](c2ccc3c(c2)OCO3)c2[nH]c3ccccc3c2C[C@@H]1C(=O)NC1CC1. The first-order valence-corrected chi connectivity index (χ1v) is 10.9. The van der Waals surface area contributed by atoms with Crippen LogP contribution in [0.5, 0.6) is 11.5 Å². The molecule has 2 N–H and O–H groups in total. The molecule has 0 unspecified atom stereocenters. The van der Waals surface area contributed by atoms with E-state index in [1.54, 1.807) is 4.90 Å². The Morgan fingerprint density at radius 2 is 1.94 bits per heavy atom. The Morgan fingerprint density at radius 3 is 2.75 bits per heavy atom. The monoisotopic (exact) mass is 429 g/mol. The van der Waals surface area contributed by atoms with E-state index in [-0.39, 0.29) is 24.6 Å². The van der Waals surface area contributed by atoms with Crippen molar-refractivity contribution in [3.63, 3.8) is 0 Å². The summed E-state index contributed by atoms with van der Waals surface area (Å²) >= 11 is 0. The number of H-pyrrole nitrogens is 1. The van der Waals surface area contributed by atoms with E-state index in [0.717, 1.165) is 40.6 Å². The summed E-state index contributed by atoms with van der Waals surface area (Å²) in [4.78, 5) is 31.7. The van der Waals surface area contributed by atoms with Crippen LogP contribution in [0.4, 0.5) is 0 Å². The lowest BCUT2D eigenvalue weighted by molar-refractivity contribution is -0.139. The Balaban J connectivity index is 1.54. The molecule has 7 heteroatoms. The van der Waals surface area contributed by atoms with Gasteiger partial charge in [0, 0.05) is 29.1 Å². The van der Waals surface area contributed by atoms with E-state index in [0.29, 0.717) is 17.9 Å². The van der Waals surface area contributed by atoms with Crippen LogP contribution in [-0.4, -0.2) is 40.6 Å². The number of hydrogen-bond donors (Lipinski definition) is 2. The first-order chi connectivity index (χ1) is 15.6. The standard InChI is InChI=1S/C25H23N3O4/c1-2-22(29)28-19(25(30)26-15-8-9-15)12-17-16-5-3-4-6-18(16)27-23(17)24(28)14-7-10-20-21(11-14)32-13-31-20/h2-7,10-11,15,19,24,27H,1,8-9,12-13H2,(H,26,30)/t19-,24-/m1/s1. The van der Waals surface area contributed by atoms with Gasteiger partial charge in [0.2, 0.25) is 18.6 Å². The molecule has 2 atom stereocenters. The second kappa shape index (κ2) is 7.15. The molecule has 7 nitrogen and oxygen atoms in total. The van der Waals surface area contributed by atoms with Gasteiger partial charge in [0.1, 0.15) is 6.04 Å². The van der Waals surface area contributed by atoms with E-state index in [2.05, 4.69) is 22.9 Å². The lowest BCUT2D eigenvalue weighted by atomic mass is 9.87. The second-order valence-corrected chi connectivity index (χ2v) is 8.53. The number of hydrogen-bond acceptors (Lipinski definition) is 4. The van der Waals surface area contributed by atoms with Gasteiger partial charge in [-0.3, -0.25) is 9.59 Å². The van der Waals surface area contributed by atoms with Gasteiger partial charge in [0.15, 0.2) is 11.5 Å². The number of nitrogens with one attached hydrogen (secondary N) is 2. The number of fused-ring (bicyclic) bond motifs is 4. The largest absolute Gasteiger partial charge is 0.454 e. The average molecular weight is 429 g/mol. The highest BCUT2D eigenvalue weighted by atomic mass is 16.7. The van der Waals surface area contributed by atoms with Gasteiger partial charge in [-0.25, -0.2) is 0 Å². The quantitative estimate of drug-likeness (QED) is 0.624. The average Bonchev–Trinajstić information content (AvgIpc) is 3.37. The number of ether oxygens (including phenoxy) is 2. The number of para-hydroxylation sites is 1. The van der Waals surface area contributed by atoms with Crippen LogP contribution < -0.4 is 14.8 Å². The van der Waals surface area contributed by atoms with Gasteiger partial charge in [-0.2, -0.15) is 0 Å². The highest BCUT2D eigenvalue weighted by Gasteiger charge is 2.44. The summed E-state index contributed by atoms with van der Waals surface area (Å²) < 4.78 is 11.1. The maximum absolute atomic E-state index is 13.3. The van der Waals surface area contributed by atoms with Crippen LogP contribution in [-0.2, 0) is 16.0 Å². The summed E-state index contributed by atoms with van der Waals surface area (Å²) in [6.45, 7) is 3.88. The van der Waals surface area contributed by atoms with Gasteiger partial charge in [0.25, 0.3) is 0 Å². The fourth-order valence-corrected chi connectivity index (χ4v) is 4.83. The van der Waals surface area contributed by atoms with Crippen LogP contribution >= 0.6 is 0 Å². The van der Waals surface area contributed by atoms with Crippen molar-refractivity contribution in [2.45, 2.75) is 37.4 Å². The van der Waals surface area contributed by atoms with E-state index in [1.165, 1.54) is 6.08 Å². The smallest absolute Gasteiger partial charge is 0.247 e. The Labute approximate surface area is 185 Å². The lowest BCUT2D eigenvalue weighted by Gasteiger charge is -2.41. The van der Waals surface area contributed by atoms with E-state index < -0.39 is 12.1 Å². The van der Waals surface area contributed by atoms with Crippen LogP contribution in [0, 0.1) is 0 Å². The molecular formula is C25H23N3O4. The molecule has 1 aliphatic carbocycles. The first kappa shape index (κ1) is 19.0. The second-order valence-electron chi connectivity index (χ2n) is 8.53. The maximum Gasteiger partial charge on any atom is 0.247 e. The predicted octanol–water partition coefficient (Wildman–Crippen LogP) is 3.20. The molecule has 3 aromatic rings. The Bertz CT molecular complexity index is 1260. The van der Waals surface area contributed by atoms with E-state index in [4.69, 9.17) is 9.47 Å². The van der Waals surface area contributed by atoms with Gasteiger partial charge in [0.05, 0.1) is 6.04 Å². The van der Waals surface area contributed by atoms with Crippen molar-refractivity contribution in [1.82, 2.24) is 15.2 Å². The topological polar surface area (TPSA) is 83.7 Å². The van der Waals surface area contributed by atoms with Crippen molar-refractivity contribution < 1.29 is 19.1 Å². The number of rotatable bonds is 4. The molecule has 32 heavy (non-hydrogen) atoms. The summed E-state index contributed by atoms with van der Waals surface area (Å²) in [7, 11) is 0. The fraction of sp³-hybridized carbons (Fsp3) is 0.280. The van der Waals surface area contributed by atoms with Crippen LogP contribution in [0.3, 0.4) is 0 Å². The summed E-state index contributed by atoms with van der Waals surface area (Å²) in [6, 6.07) is 12.8. The Hall–Kier alpha value is -3.74. The number of carbonyl (C=O) groups is 2. The molecule has 0 bridgehead atoms. The molecular weight excluding hydrogens is 406 g/mol. The number of carbonyl (C=O) groups excluding carboxylic acids is 2. The number of amides is 2. The third-order valence-corrected chi connectivity index (χ3v) is 6.50. The third kappa shape index (κ3) is 2.96. The van der Waals surface area contributed by atoms with Gasteiger partial charge >= 0.3 is 0 Å². The zero-order valence-corrected chi connectivity index (χ0v) is 17.5. The van der Waals surface area contributed by atoms with Crippen LogP contribution in [0.2, 0.25) is 0 Å². The molecule has 1 aromatic heterocycles. The van der Waals surface area contributed by atoms with Gasteiger partial charge in [-0.1, -0.05) is 30.8 Å². The first-order valence-electron chi connectivity index (χ1n) is 10.9. The normalized spacial score (nSPS) is 21.3. The van der Waals surface area contributed by atoms with Crippen LogP contribution in [0.1, 0.15) is 35.7 Å². The molecule has 2 amide bonds. The maximum atomic E-state index is 13.3. The minimum Gasteiger partial charge on any atom is -0.454 e. The predicted molar refractivity (Wildman–Crippen MR) is 118 cm³/mol. The van der Waals surface area contributed by atoms with Gasteiger partial charge < -0.3 is 24.7 Å². The molecule has 2 aliphatic heterocycles.